The third-order valence-corrected chi connectivity index (χ3v) is 5.93. The van der Waals surface area contributed by atoms with E-state index in [2.05, 4.69) is 35.9 Å². The molecule has 0 radical (unpaired) electrons. The van der Waals surface area contributed by atoms with Crippen LogP contribution in [0.4, 0.5) is 11.4 Å². The molecule has 1 amide bonds. The first-order chi connectivity index (χ1) is 15.3. The maximum Gasteiger partial charge on any atom is 0.337 e. The summed E-state index contributed by atoms with van der Waals surface area (Å²) in [6.07, 6.45) is 1.16. The van der Waals surface area contributed by atoms with Crippen molar-refractivity contribution < 1.29 is 19.4 Å². The van der Waals surface area contributed by atoms with Gasteiger partial charge in [-0.2, -0.15) is 0 Å². The van der Waals surface area contributed by atoms with Crippen LogP contribution in [0.2, 0.25) is 0 Å². The van der Waals surface area contributed by atoms with E-state index in [0.29, 0.717) is 34.6 Å². The van der Waals surface area contributed by atoms with E-state index in [9.17, 15) is 14.7 Å². The van der Waals surface area contributed by atoms with Crippen molar-refractivity contribution in [3.63, 3.8) is 0 Å². The van der Waals surface area contributed by atoms with Crippen LogP contribution in [0, 0.1) is 5.92 Å². The van der Waals surface area contributed by atoms with Gasteiger partial charge in [0.05, 0.1) is 18.4 Å². The smallest absolute Gasteiger partial charge is 0.337 e. The third kappa shape index (κ3) is 5.79. The second kappa shape index (κ2) is 10.5. The fourth-order valence-corrected chi connectivity index (χ4v) is 4.24. The van der Waals surface area contributed by atoms with E-state index in [1.54, 1.807) is 43.5 Å². The molecule has 2 aromatic carbocycles. The van der Waals surface area contributed by atoms with Crippen LogP contribution >= 0.6 is 0 Å². The number of hydrogen-bond acceptors (Lipinski definition) is 5. The molecule has 32 heavy (non-hydrogen) atoms. The fraction of sp³-hybridized carbons (Fsp3) is 0.440. The van der Waals surface area contributed by atoms with Gasteiger partial charge in [-0.25, -0.2) is 4.79 Å². The van der Waals surface area contributed by atoms with Gasteiger partial charge >= 0.3 is 5.97 Å². The van der Waals surface area contributed by atoms with Crippen molar-refractivity contribution >= 4 is 23.3 Å². The number of carboxylic acids is 1. The summed E-state index contributed by atoms with van der Waals surface area (Å²) >= 11 is 0. The molecule has 0 aliphatic carbocycles. The van der Waals surface area contributed by atoms with Crippen molar-refractivity contribution in [1.82, 2.24) is 4.90 Å². The predicted molar refractivity (Wildman–Crippen MR) is 127 cm³/mol. The van der Waals surface area contributed by atoms with Crippen LogP contribution in [-0.2, 0) is 0 Å². The summed E-state index contributed by atoms with van der Waals surface area (Å²) in [5.74, 6) is 0.0146. The van der Waals surface area contributed by atoms with Crippen LogP contribution in [-0.4, -0.2) is 61.2 Å². The number of nitrogens with one attached hydrogen (secondary N) is 1. The molecule has 1 atom stereocenters. The lowest BCUT2D eigenvalue weighted by atomic mass is 10.0. The lowest BCUT2D eigenvalue weighted by Crippen LogP contribution is -2.50. The van der Waals surface area contributed by atoms with Crippen molar-refractivity contribution in [3.8, 4) is 5.75 Å². The molecular formula is C25H33N3O4. The number of benzene rings is 2. The molecule has 7 heteroatoms. The number of carbonyl (C=O) groups excluding carboxylic acids is 1. The third-order valence-electron chi connectivity index (χ3n) is 5.93. The quantitative estimate of drug-likeness (QED) is 0.642. The number of carbonyl (C=O) groups is 2. The summed E-state index contributed by atoms with van der Waals surface area (Å²) < 4.78 is 5.11. The maximum atomic E-state index is 12.5. The molecule has 1 aliphatic rings. The molecule has 0 spiro atoms. The van der Waals surface area contributed by atoms with Crippen LogP contribution in [0.25, 0.3) is 0 Å². The summed E-state index contributed by atoms with van der Waals surface area (Å²) in [6.45, 7) is 10.1. The monoisotopic (exact) mass is 439 g/mol. The van der Waals surface area contributed by atoms with Gasteiger partial charge in [0, 0.05) is 43.5 Å². The summed E-state index contributed by atoms with van der Waals surface area (Å²) in [7, 11) is 1.57. The zero-order valence-electron chi connectivity index (χ0n) is 19.3. The van der Waals surface area contributed by atoms with E-state index in [0.717, 1.165) is 32.6 Å². The van der Waals surface area contributed by atoms with Gasteiger partial charge < -0.3 is 20.1 Å². The number of methoxy groups -OCH3 is 1. The van der Waals surface area contributed by atoms with E-state index in [4.69, 9.17) is 4.74 Å². The van der Waals surface area contributed by atoms with Crippen LogP contribution in [0.3, 0.4) is 0 Å². The van der Waals surface area contributed by atoms with Gasteiger partial charge in [-0.15, -0.1) is 0 Å². The number of hydrogen-bond donors (Lipinski definition) is 2. The molecule has 0 unspecified atom stereocenters. The van der Waals surface area contributed by atoms with E-state index in [1.165, 1.54) is 6.07 Å². The summed E-state index contributed by atoms with van der Waals surface area (Å²) in [5, 5.41) is 12.6. The molecule has 1 fully saturated rings. The van der Waals surface area contributed by atoms with Gasteiger partial charge in [-0.3, -0.25) is 9.69 Å². The minimum Gasteiger partial charge on any atom is -0.497 e. The number of ether oxygens (including phenoxy) is 1. The van der Waals surface area contributed by atoms with Gasteiger partial charge in [0.15, 0.2) is 0 Å². The Bertz CT molecular complexity index is 935. The van der Waals surface area contributed by atoms with Gasteiger partial charge in [-0.05, 0) is 61.7 Å². The molecule has 2 aromatic rings. The molecule has 172 valence electrons. The van der Waals surface area contributed by atoms with Crippen LogP contribution < -0.4 is 15.0 Å². The van der Waals surface area contributed by atoms with Gasteiger partial charge in [-0.1, -0.05) is 13.8 Å². The van der Waals surface area contributed by atoms with Crippen molar-refractivity contribution in [3.05, 3.63) is 53.6 Å². The Morgan fingerprint density at radius 2 is 1.69 bits per heavy atom. The van der Waals surface area contributed by atoms with Crippen LogP contribution in [0.1, 0.15) is 47.9 Å². The van der Waals surface area contributed by atoms with Crippen molar-refractivity contribution in [2.24, 2.45) is 5.92 Å². The molecule has 2 N–H and O–H groups in total. The van der Waals surface area contributed by atoms with Crippen LogP contribution in [0.5, 0.6) is 5.75 Å². The van der Waals surface area contributed by atoms with Gasteiger partial charge in [0.25, 0.3) is 5.91 Å². The first-order valence-electron chi connectivity index (χ1n) is 11.1. The zero-order valence-corrected chi connectivity index (χ0v) is 19.3. The molecule has 7 nitrogen and oxygen atoms in total. The van der Waals surface area contributed by atoms with Crippen molar-refractivity contribution in [2.75, 3.05) is 43.5 Å². The van der Waals surface area contributed by atoms with Crippen LogP contribution in [0.15, 0.2) is 42.5 Å². The molecule has 3 rings (SSSR count). The summed E-state index contributed by atoms with van der Waals surface area (Å²) in [5.41, 5.74) is 1.81. The van der Waals surface area contributed by atoms with E-state index in [-0.39, 0.29) is 11.5 Å². The van der Waals surface area contributed by atoms with Gasteiger partial charge in [0.2, 0.25) is 0 Å². The summed E-state index contributed by atoms with van der Waals surface area (Å²) in [4.78, 5) is 29.1. The standard InChI is InChI=1S/C25H33N3O4/c1-17(2)15-18(3)27-11-13-28(14-12-27)23-10-7-20(16-22(23)25(30)31)26-24(29)19-5-8-21(32-4)9-6-19/h5-10,16-18H,11-15H2,1-4H3,(H,26,29)(H,30,31)/t18-/m1/s1. The first kappa shape index (κ1) is 23.6. The Hall–Kier alpha value is -3.06. The van der Waals surface area contributed by atoms with E-state index in [1.807, 2.05) is 0 Å². The molecule has 1 saturated heterocycles. The maximum absolute atomic E-state index is 12.5. The minimum atomic E-state index is -1.00. The number of carboxylic acid groups (broad SMARTS) is 1. The molecule has 0 saturated carbocycles. The average Bonchev–Trinajstić information content (AvgIpc) is 2.78. The van der Waals surface area contributed by atoms with E-state index < -0.39 is 5.97 Å². The van der Waals surface area contributed by atoms with Crippen molar-refractivity contribution in [1.29, 1.82) is 0 Å². The Morgan fingerprint density at radius 3 is 2.25 bits per heavy atom. The molecule has 1 heterocycles. The molecule has 1 aliphatic heterocycles. The summed E-state index contributed by atoms with van der Waals surface area (Å²) in [6, 6.07) is 12.4. The van der Waals surface area contributed by atoms with E-state index >= 15 is 0 Å². The lowest BCUT2D eigenvalue weighted by molar-refractivity contribution is 0.0696. The lowest BCUT2D eigenvalue weighted by Gasteiger charge is -2.40. The fourth-order valence-electron chi connectivity index (χ4n) is 4.24. The second-order valence-corrected chi connectivity index (χ2v) is 8.72. The predicted octanol–water partition coefficient (Wildman–Crippen LogP) is 4.20. The highest BCUT2D eigenvalue weighted by Gasteiger charge is 2.24. The first-order valence-corrected chi connectivity index (χ1v) is 11.1. The number of amides is 1. The molecule has 0 aromatic heterocycles. The average molecular weight is 440 g/mol. The Labute approximate surface area is 190 Å². The number of aromatic carboxylic acids is 1. The van der Waals surface area contributed by atoms with Gasteiger partial charge in [0.1, 0.15) is 5.75 Å². The zero-order chi connectivity index (χ0) is 23.3. The number of piperazine rings is 1. The largest absolute Gasteiger partial charge is 0.497 e. The molecule has 0 bridgehead atoms. The number of anilines is 2. The number of nitrogens with zero attached hydrogens (tertiary/aromatic N) is 2. The Morgan fingerprint density at radius 1 is 1.03 bits per heavy atom. The highest BCUT2D eigenvalue weighted by Crippen LogP contribution is 2.27. The normalized spacial score (nSPS) is 15.5. The Balaban J connectivity index is 1.70. The number of rotatable bonds is 8. The second-order valence-electron chi connectivity index (χ2n) is 8.72. The topological polar surface area (TPSA) is 82.1 Å². The highest BCUT2D eigenvalue weighted by atomic mass is 16.5. The van der Waals surface area contributed by atoms with Crippen molar-refractivity contribution in [2.45, 2.75) is 33.2 Å². The highest BCUT2D eigenvalue weighted by molar-refractivity contribution is 6.05. The minimum absolute atomic E-state index is 0.196. The SMILES string of the molecule is COc1ccc(C(=O)Nc2ccc(N3CCN([C@H](C)CC(C)C)CC3)c(C(=O)O)c2)cc1. The molecular weight excluding hydrogens is 406 g/mol. The Kier molecular flexibility index (Phi) is 7.75.